The summed E-state index contributed by atoms with van der Waals surface area (Å²) in [5, 5.41) is 8.64. The van der Waals surface area contributed by atoms with Crippen molar-refractivity contribution in [3.8, 4) is 11.5 Å². The second-order valence-electron chi connectivity index (χ2n) is 7.71. The summed E-state index contributed by atoms with van der Waals surface area (Å²) >= 11 is 1.20. The minimum absolute atomic E-state index is 0.117. The average molecular weight is 501 g/mol. The molecule has 2 aromatic carbocycles. The number of benzene rings is 2. The molecule has 1 aliphatic rings. The number of rotatable bonds is 11. The van der Waals surface area contributed by atoms with Gasteiger partial charge < -0.3 is 19.1 Å². The van der Waals surface area contributed by atoms with E-state index in [4.69, 9.17) is 14.2 Å². The van der Waals surface area contributed by atoms with Crippen LogP contribution < -0.4 is 14.8 Å². The van der Waals surface area contributed by atoms with E-state index >= 15 is 0 Å². The van der Waals surface area contributed by atoms with Crippen molar-refractivity contribution < 1.29 is 23.8 Å². The van der Waals surface area contributed by atoms with Gasteiger partial charge >= 0.3 is 11.3 Å². The molecule has 2 aromatic rings. The Morgan fingerprint density at radius 2 is 1.80 bits per heavy atom. The summed E-state index contributed by atoms with van der Waals surface area (Å²) in [6.45, 7) is 7.33. The molecule has 0 fully saturated rings. The maximum absolute atomic E-state index is 12.5. The van der Waals surface area contributed by atoms with Gasteiger partial charge in [-0.05, 0) is 49.0 Å². The third kappa shape index (κ3) is 7.37. The van der Waals surface area contributed by atoms with E-state index in [0.717, 1.165) is 29.9 Å². The molecule has 188 valence electrons. The minimum Gasteiger partial charge on any atom is -0.493 e. The lowest BCUT2D eigenvalue weighted by Crippen LogP contribution is -2.29. The molecule has 0 spiro atoms. The summed E-state index contributed by atoms with van der Waals surface area (Å²) in [7, 11) is 3.17. The zero-order chi connectivity index (χ0) is 25.2. The van der Waals surface area contributed by atoms with Crippen molar-refractivity contribution in [1.82, 2.24) is 9.91 Å². The van der Waals surface area contributed by atoms with Gasteiger partial charge in [0.05, 0.1) is 26.5 Å². The lowest BCUT2D eigenvalue weighted by molar-refractivity contribution is 0.142. The summed E-state index contributed by atoms with van der Waals surface area (Å²) in [4.78, 5) is 26.7. The Kier molecular flexibility index (Phi) is 9.80. The molecule has 3 rings (SSSR count). The molecule has 1 aliphatic heterocycles. The molecule has 0 atom stereocenters. The number of nitrogens with zero attached hydrogens (tertiary/aromatic N) is 3. The van der Waals surface area contributed by atoms with Gasteiger partial charge in [0.2, 0.25) is 0 Å². The highest BCUT2D eigenvalue weighted by Gasteiger charge is 2.23. The molecule has 0 bridgehead atoms. The number of methoxy groups -OCH3 is 2. The lowest BCUT2D eigenvalue weighted by Gasteiger charge is -2.23. The number of carbonyl (C=O) groups is 2. The Morgan fingerprint density at radius 3 is 2.46 bits per heavy atom. The van der Waals surface area contributed by atoms with Gasteiger partial charge in [-0.25, -0.2) is 9.80 Å². The van der Waals surface area contributed by atoms with Crippen LogP contribution in [0.3, 0.4) is 0 Å². The normalized spacial score (nSPS) is 13.5. The Hall–Kier alpha value is -3.24. The van der Waals surface area contributed by atoms with Crippen molar-refractivity contribution in [3.05, 3.63) is 53.6 Å². The van der Waals surface area contributed by atoms with E-state index in [0.29, 0.717) is 42.6 Å². The largest absolute Gasteiger partial charge is 0.493 e. The Bertz CT molecular complexity index is 1040. The van der Waals surface area contributed by atoms with E-state index in [1.165, 1.54) is 16.8 Å². The summed E-state index contributed by atoms with van der Waals surface area (Å²) in [6, 6.07) is 12.8. The Balaban J connectivity index is 1.60. The number of thioether (sulfide) groups is 1. The highest BCUT2D eigenvalue weighted by molar-refractivity contribution is 8.14. The fraction of sp³-hybridized carbons (Fsp3) is 0.400. The summed E-state index contributed by atoms with van der Waals surface area (Å²) in [5.74, 6) is 1.72. The number of nitrogens with one attached hydrogen (secondary N) is 1. The van der Waals surface area contributed by atoms with Gasteiger partial charge in [-0.2, -0.15) is 5.10 Å². The molecule has 0 saturated heterocycles. The number of anilines is 1. The SMILES string of the molecule is CCN(CC)CCOC(=O)Nc1ccc(CN2N=C(c3ccc(OC)c(OC)c3)CSC2=O)cc1. The minimum atomic E-state index is -0.489. The first-order valence-corrected chi connectivity index (χ1v) is 12.4. The van der Waals surface area contributed by atoms with Crippen LogP contribution in [0.15, 0.2) is 47.6 Å². The van der Waals surface area contributed by atoms with Gasteiger partial charge in [-0.1, -0.05) is 37.7 Å². The van der Waals surface area contributed by atoms with Crippen LogP contribution in [0.1, 0.15) is 25.0 Å². The van der Waals surface area contributed by atoms with Crippen LogP contribution >= 0.6 is 11.8 Å². The lowest BCUT2D eigenvalue weighted by atomic mass is 10.1. The van der Waals surface area contributed by atoms with Crippen LogP contribution in [0.2, 0.25) is 0 Å². The molecule has 1 heterocycles. The number of hydrogen-bond acceptors (Lipinski definition) is 8. The molecule has 9 nitrogen and oxygen atoms in total. The average Bonchev–Trinajstić information content (AvgIpc) is 2.88. The van der Waals surface area contributed by atoms with E-state index in [-0.39, 0.29) is 5.24 Å². The van der Waals surface area contributed by atoms with Crippen LogP contribution in [0, 0.1) is 0 Å². The van der Waals surface area contributed by atoms with Crippen molar-refractivity contribution in [2.24, 2.45) is 5.10 Å². The van der Waals surface area contributed by atoms with E-state index in [2.05, 4.69) is 29.2 Å². The number of hydrogen-bond donors (Lipinski definition) is 1. The fourth-order valence-corrected chi connectivity index (χ4v) is 4.24. The number of amides is 2. The molecule has 1 N–H and O–H groups in total. The summed E-state index contributed by atoms with van der Waals surface area (Å²) < 4.78 is 15.9. The summed E-state index contributed by atoms with van der Waals surface area (Å²) in [5.41, 5.74) is 3.15. The molecule has 0 aromatic heterocycles. The highest BCUT2D eigenvalue weighted by Crippen LogP contribution is 2.30. The van der Waals surface area contributed by atoms with Gasteiger partial charge in [0.25, 0.3) is 0 Å². The first-order valence-electron chi connectivity index (χ1n) is 11.5. The van der Waals surface area contributed by atoms with Crippen LogP contribution in [-0.2, 0) is 11.3 Å². The zero-order valence-corrected chi connectivity index (χ0v) is 21.4. The molecule has 2 amide bonds. The van der Waals surface area contributed by atoms with Gasteiger partial charge in [0.1, 0.15) is 6.61 Å². The van der Waals surface area contributed by atoms with Gasteiger partial charge in [-0.3, -0.25) is 10.1 Å². The quantitative estimate of drug-likeness (QED) is 0.479. The van der Waals surface area contributed by atoms with Crippen LogP contribution in [0.4, 0.5) is 15.3 Å². The molecule has 0 saturated carbocycles. The zero-order valence-electron chi connectivity index (χ0n) is 20.6. The Labute approximate surface area is 210 Å². The third-order valence-corrected chi connectivity index (χ3v) is 6.44. The second kappa shape index (κ2) is 13.0. The van der Waals surface area contributed by atoms with Crippen molar-refractivity contribution in [1.29, 1.82) is 0 Å². The fourth-order valence-electron chi connectivity index (χ4n) is 3.50. The van der Waals surface area contributed by atoms with Crippen molar-refractivity contribution >= 4 is 34.5 Å². The van der Waals surface area contributed by atoms with Gasteiger partial charge in [0.15, 0.2) is 11.5 Å². The molecular formula is C25H32N4O5S. The Morgan fingerprint density at radius 1 is 1.09 bits per heavy atom. The topological polar surface area (TPSA) is 92.7 Å². The van der Waals surface area contributed by atoms with E-state index in [1.54, 1.807) is 26.4 Å². The second-order valence-corrected chi connectivity index (χ2v) is 8.64. The van der Waals surface area contributed by atoms with Gasteiger partial charge in [-0.15, -0.1) is 0 Å². The molecule has 0 unspecified atom stereocenters. The third-order valence-electron chi connectivity index (χ3n) is 5.57. The van der Waals surface area contributed by atoms with E-state index in [9.17, 15) is 9.59 Å². The predicted octanol–water partition coefficient (Wildman–Crippen LogP) is 4.67. The standard InChI is InChI=1S/C25H32N4O5S/c1-5-28(6-2)13-14-34-24(30)26-20-10-7-18(8-11-20)16-29-25(31)35-17-21(27-29)19-9-12-22(32-3)23(15-19)33-4/h7-12,15H,5-6,13-14,16-17H2,1-4H3,(H,26,30). The highest BCUT2D eigenvalue weighted by atomic mass is 32.2. The van der Waals surface area contributed by atoms with E-state index < -0.39 is 6.09 Å². The first-order chi connectivity index (χ1) is 17.0. The van der Waals surface area contributed by atoms with Crippen molar-refractivity contribution in [3.63, 3.8) is 0 Å². The number of hydrazone groups is 1. The van der Waals surface area contributed by atoms with Crippen LogP contribution in [-0.4, -0.2) is 73.2 Å². The predicted molar refractivity (Wildman–Crippen MR) is 139 cm³/mol. The van der Waals surface area contributed by atoms with E-state index in [1.807, 2.05) is 30.3 Å². The molecule has 35 heavy (non-hydrogen) atoms. The number of ether oxygens (including phenoxy) is 3. The molecule has 0 aliphatic carbocycles. The van der Waals surface area contributed by atoms with Crippen molar-refractivity contribution in [2.75, 3.05) is 51.5 Å². The molecular weight excluding hydrogens is 468 g/mol. The van der Waals surface area contributed by atoms with Gasteiger partial charge in [0, 0.05) is 23.5 Å². The molecule has 10 heteroatoms. The number of carbonyl (C=O) groups excluding carboxylic acids is 2. The molecule has 0 radical (unpaired) electrons. The van der Waals surface area contributed by atoms with Crippen molar-refractivity contribution in [2.45, 2.75) is 20.4 Å². The monoisotopic (exact) mass is 500 g/mol. The maximum atomic E-state index is 12.5. The van der Waals surface area contributed by atoms with Crippen LogP contribution in [0.25, 0.3) is 0 Å². The van der Waals surface area contributed by atoms with Crippen LogP contribution in [0.5, 0.6) is 11.5 Å². The first kappa shape index (κ1) is 26.4. The smallest absolute Gasteiger partial charge is 0.411 e. The summed E-state index contributed by atoms with van der Waals surface area (Å²) in [6.07, 6.45) is -0.489. The number of likely N-dealkylation sites (N-methyl/N-ethyl adjacent to an activating group) is 1. The maximum Gasteiger partial charge on any atom is 0.411 e.